The number of ether oxygens (including phenoxy) is 2. The van der Waals surface area contributed by atoms with Gasteiger partial charge in [-0.1, -0.05) is 72.8 Å². The Morgan fingerprint density at radius 1 is 1.03 bits per heavy atom. The van der Waals surface area contributed by atoms with Gasteiger partial charge in [0.25, 0.3) is 0 Å². The van der Waals surface area contributed by atoms with Crippen LogP contribution in [0, 0.1) is 0 Å². The Labute approximate surface area is 205 Å². The number of amides is 2. The van der Waals surface area contributed by atoms with Crippen molar-refractivity contribution in [2.75, 3.05) is 40.4 Å². The maximum absolute atomic E-state index is 12.9. The molecule has 7 nitrogen and oxygen atoms in total. The molecule has 1 aliphatic rings. The van der Waals surface area contributed by atoms with Crippen LogP contribution in [0.25, 0.3) is 10.8 Å². The summed E-state index contributed by atoms with van der Waals surface area (Å²) in [7, 11) is 3.21. The van der Waals surface area contributed by atoms with Crippen LogP contribution in [0.1, 0.15) is 29.6 Å². The van der Waals surface area contributed by atoms with E-state index in [1.165, 1.54) is 4.90 Å². The van der Waals surface area contributed by atoms with E-state index < -0.39 is 12.2 Å². The lowest BCUT2D eigenvalue weighted by Gasteiger charge is -2.31. The number of nitrogens with zero attached hydrogens (tertiary/aromatic N) is 2. The first-order valence-electron chi connectivity index (χ1n) is 11.9. The molecular weight excluding hydrogens is 444 g/mol. The fraction of sp³-hybridized carbons (Fsp3) is 0.357. The van der Waals surface area contributed by atoms with Crippen LogP contribution in [0.5, 0.6) is 0 Å². The minimum atomic E-state index is -1.01. The summed E-state index contributed by atoms with van der Waals surface area (Å²) in [6.07, 6.45) is -0.656. The largest absolute Gasteiger partial charge is 0.465 e. The predicted octanol–water partition coefficient (Wildman–Crippen LogP) is 4.54. The molecule has 1 aliphatic heterocycles. The van der Waals surface area contributed by atoms with E-state index in [1.807, 2.05) is 66.7 Å². The van der Waals surface area contributed by atoms with E-state index in [1.54, 1.807) is 19.1 Å². The lowest BCUT2D eigenvalue weighted by molar-refractivity contribution is -0.138. The number of carbonyl (C=O) groups excluding carboxylic acids is 1. The summed E-state index contributed by atoms with van der Waals surface area (Å²) in [5.74, 6) is -0.407. The van der Waals surface area contributed by atoms with Crippen molar-refractivity contribution in [2.24, 2.45) is 0 Å². The van der Waals surface area contributed by atoms with Crippen LogP contribution in [-0.2, 0) is 14.3 Å². The van der Waals surface area contributed by atoms with Crippen LogP contribution >= 0.6 is 0 Å². The minimum Gasteiger partial charge on any atom is -0.465 e. The van der Waals surface area contributed by atoms with E-state index >= 15 is 0 Å². The molecule has 3 aromatic carbocycles. The summed E-state index contributed by atoms with van der Waals surface area (Å²) in [5.41, 5.74) is 1.85. The molecule has 184 valence electrons. The monoisotopic (exact) mass is 476 g/mol. The highest BCUT2D eigenvalue weighted by molar-refractivity contribution is 5.83. The molecule has 7 heteroatoms. The topological polar surface area (TPSA) is 79.3 Å². The summed E-state index contributed by atoms with van der Waals surface area (Å²) in [5, 5.41) is 11.8. The molecule has 0 bridgehead atoms. The second-order valence-corrected chi connectivity index (χ2v) is 9.00. The zero-order valence-electron chi connectivity index (χ0n) is 20.2. The molecule has 1 heterocycles. The van der Waals surface area contributed by atoms with Gasteiger partial charge in [0.15, 0.2) is 0 Å². The Morgan fingerprint density at radius 3 is 2.43 bits per heavy atom. The first kappa shape index (κ1) is 24.7. The van der Waals surface area contributed by atoms with Crippen molar-refractivity contribution in [1.29, 1.82) is 0 Å². The Kier molecular flexibility index (Phi) is 8.00. The number of likely N-dealkylation sites (N-methyl/N-ethyl adjacent to an activating group) is 1. The van der Waals surface area contributed by atoms with E-state index in [9.17, 15) is 14.7 Å². The van der Waals surface area contributed by atoms with Crippen LogP contribution < -0.4 is 0 Å². The fourth-order valence-electron chi connectivity index (χ4n) is 4.67. The van der Waals surface area contributed by atoms with Crippen molar-refractivity contribution in [2.45, 2.75) is 24.5 Å². The van der Waals surface area contributed by atoms with Crippen LogP contribution in [0.2, 0.25) is 0 Å². The normalized spacial score (nSPS) is 17.3. The molecule has 0 aliphatic carbocycles. The first-order chi connectivity index (χ1) is 17.0. The van der Waals surface area contributed by atoms with Crippen LogP contribution in [-0.4, -0.2) is 73.4 Å². The third kappa shape index (κ3) is 5.99. The molecule has 3 aromatic rings. The highest BCUT2D eigenvalue weighted by Gasteiger charge is 2.31. The molecular formula is C28H32N2O5. The molecule has 2 amide bonds. The van der Waals surface area contributed by atoms with Gasteiger partial charge in [-0.3, -0.25) is 4.79 Å². The van der Waals surface area contributed by atoms with Gasteiger partial charge in [0.05, 0.1) is 12.2 Å². The maximum atomic E-state index is 12.9. The number of fused-ring (bicyclic) bond motifs is 1. The molecule has 1 saturated heterocycles. The molecule has 4 rings (SSSR count). The lowest BCUT2D eigenvalue weighted by Crippen LogP contribution is -2.36. The molecule has 0 spiro atoms. The molecule has 3 atom stereocenters. The van der Waals surface area contributed by atoms with Gasteiger partial charge < -0.3 is 24.4 Å². The first-order valence-corrected chi connectivity index (χ1v) is 11.9. The third-order valence-electron chi connectivity index (χ3n) is 6.71. The van der Waals surface area contributed by atoms with E-state index in [-0.39, 0.29) is 31.1 Å². The predicted molar refractivity (Wildman–Crippen MR) is 134 cm³/mol. The number of hydrogen-bond acceptors (Lipinski definition) is 4. The number of carbonyl (C=O) groups is 2. The average molecular weight is 477 g/mol. The Morgan fingerprint density at radius 2 is 1.74 bits per heavy atom. The third-order valence-corrected chi connectivity index (χ3v) is 6.71. The van der Waals surface area contributed by atoms with E-state index in [0.29, 0.717) is 13.1 Å². The Balaban J connectivity index is 1.65. The van der Waals surface area contributed by atoms with Gasteiger partial charge in [-0.05, 0) is 28.3 Å². The van der Waals surface area contributed by atoms with Crippen molar-refractivity contribution in [3.05, 3.63) is 83.9 Å². The van der Waals surface area contributed by atoms with E-state index in [4.69, 9.17) is 9.47 Å². The molecule has 0 aromatic heterocycles. The molecule has 0 radical (unpaired) electrons. The number of carboxylic acid groups (broad SMARTS) is 1. The van der Waals surface area contributed by atoms with Crippen molar-refractivity contribution in [3.63, 3.8) is 0 Å². The zero-order valence-corrected chi connectivity index (χ0v) is 20.2. The van der Waals surface area contributed by atoms with E-state index in [0.717, 1.165) is 28.3 Å². The number of rotatable bonds is 9. The number of hydrogen-bond donors (Lipinski definition) is 1. The molecule has 1 N–H and O–H groups in total. The van der Waals surface area contributed by atoms with Crippen LogP contribution in [0.4, 0.5) is 4.79 Å². The molecule has 1 fully saturated rings. The quantitative estimate of drug-likeness (QED) is 0.491. The van der Waals surface area contributed by atoms with Gasteiger partial charge in [-0.15, -0.1) is 0 Å². The minimum absolute atomic E-state index is 0.0541. The summed E-state index contributed by atoms with van der Waals surface area (Å²) in [6.45, 7) is 1.34. The van der Waals surface area contributed by atoms with Crippen LogP contribution in [0.15, 0.2) is 72.8 Å². The van der Waals surface area contributed by atoms with Gasteiger partial charge in [0.1, 0.15) is 6.61 Å². The zero-order chi connectivity index (χ0) is 24.8. The van der Waals surface area contributed by atoms with Crippen LogP contribution in [0.3, 0.4) is 0 Å². The lowest BCUT2D eigenvalue weighted by atomic mass is 9.87. The second-order valence-electron chi connectivity index (χ2n) is 9.00. The highest BCUT2D eigenvalue weighted by Crippen LogP contribution is 2.36. The average Bonchev–Trinajstić information content (AvgIpc) is 3.38. The molecule has 35 heavy (non-hydrogen) atoms. The summed E-state index contributed by atoms with van der Waals surface area (Å²) >= 11 is 0. The SMILES string of the molecule is CO[C@H]1CCN(C(=O)CO[C@H](c2ccccc2)[C@@H](CN(C)C(=O)O)c2ccc3ccccc3c2)C1. The van der Waals surface area contributed by atoms with Crippen molar-refractivity contribution >= 4 is 22.8 Å². The van der Waals surface area contributed by atoms with Crippen molar-refractivity contribution < 1.29 is 24.2 Å². The number of methoxy groups -OCH3 is 1. The van der Waals surface area contributed by atoms with Gasteiger partial charge in [0, 0.05) is 39.7 Å². The standard InChI is InChI=1S/C28H32N2O5/c1-29(28(32)33)18-25(23-13-12-20-8-6-7-11-22(20)16-23)27(21-9-4-3-5-10-21)35-19-26(31)30-15-14-24(17-30)34-2/h3-13,16,24-25,27H,14-15,17-19H2,1-2H3,(H,32,33)/t24-,25-,27+/m0/s1. The smallest absolute Gasteiger partial charge is 0.407 e. The Hall–Kier alpha value is -3.42. The van der Waals surface area contributed by atoms with Gasteiger partial charge in [0.2, 0.25) is 5.91 Å². The molecule has 0 saturated carbocycles. The fourth-order valence-corrected chi connectivity index (χ4v) is 4.67. The highest BCUT2D eigenvalue weighted by atomic mass is 16.5. The maximum Gasteiger partial charge on any atom is 0.407 e. The summed E-state index contributed by atoms with van der Waals surface area (Å²) in [4.78, 5) is 27.7. The van der Waals surface area contributed by atoms with Gasteiger partial charge in [-0.2, -0.15) is 0 Å². The number of likely N-dealkylation sites (tertiary alicyclic amines) is 1. The van der Waals surface area contributed by atoms with Crippen molar-refractivity contribution in [1.82, 2.24) is 9.80 Å². The van der Waals surface area contributed by atoms with Gasteiger partial charge >= 0.3 is 6.09 Å². The summed E-state index contributed by atoms with van der Waals surface area (Å²) in [6, 6.07) is 23.9. The Bertz CT molecular complexity index is 1150. The van der Waals surface area contributed by atoms with Crippen molar-refractivity contribution in [3.8, 4) is 0 Å². The number of benzene rings is 3. The summed E-state index contributed by atoms with van der Waals surface area (Å²) < 4.78 is 11.7. The second kappa shape index (κ2) is 11.3. The molecule has 0 unspecified atom stereocenters. The van der Waals surface area contributed by atoms with E-state index in [2.05, 4.69) is 6.07 Å². The van der Waals surface area contributed by atoms with Gasteiger partial charge in [-0.25, -0.2) is 4.79 Å².